The van der Waals surface area contributed by atoms with Crippen LogP contribution in [0.1, 0.15) is 11.1 Å². The van der Waals surface area contributed by atoms with E-state index >= 15 is 0 Å². The Labute approximate surface area is 187 Å². The highest BCUT2D eigenvalue weighted by atomic mass is 32.1. The maximum Gasteiger partial charge on any atom is 0.417 e. The number of alkyl halides is 6. The van der Waals surface area contributed by atoms with E-state index in [2.05, 4.69) is 15.0 Å². The van der Waals surface area contributed by atoms with Crippen LogP contribution >= 0.6 is 11.3 Å². The Kier molecular flexibility index (Phi) is 5.83. The van der Waals surface area contributed by atoms with E-state index in [0.717, 1.165) is 24.4 Å². The number of hydrogen-bond acceptors (Lipinski definition) is 4. The number of imidazole rings is 1. The molecule has 0 aliphatic heterocycles. The van der Waals surface area contributed by atoms with Crippen molar-refractivity contribution >= 4 is 32.6 Å². The average molecular weight is 480 g/mol. The summed E-state index contributed by atoms with van der Waals surface area (Å²) in [6.07, 6.45) is -4.76. The third kappa shape index (κ3) is 4.82. The zero-order valence-corrected chi connectivity index (χ0v) is 17.6. The van der Waals surface area contributed by atoms with Crippen LogP contribution in [-0.2, 0) is 19.4 Å². The summed E-state index contributed by atoms with van der Waals surface area (Å²) in [5.74, 6) is 0.339. The Morgan fingerprint density at radius 3 is 2.12 bits per heavy atom. The number of rotatable bonds is 1. The molecule has 0 saturated carbocycles. The summed E-state index contributed by atoms with van der Waals surface area (Å²) >= 11 is 1.21. The van der Waals surface area contributed by atoms with Gasteiger partial charge in [0.2, 0.25) is 0 Å². The highest BCUT2D eigenvalue weighted by Gasteiger charge is 2.32. The highest BCUT2D eigenvalue weighted by molar-refractivity contribution is 7.22. The molecule has 170 valence electrons. The lowest BCUT2D eigenvalue weighted by atomic mass is 10.1. The zero-order chi connectivity index (χ0) is 23.8. The molecular weight excluding hydrogens is 466 g/mol. The van der Waals surface area contributed by atoms with E-state index in [0.29, 0.717) is 20.8 Å². The number of thiophene rings is 1. The van der Waals surface area contributed by atoms with Crippen molar-refractivity contribution < 1.29 is 26.3 Å². The van der Waals surface area contributed by atoms with Crippen molar-refractivity contribution in [3.8, 4) is 10.7 Å². The standard InChI is InChI=1S/C17H9F6N3S.C5H5N/c1-26-14-11(6-10(7-24-14)17(21,22)23)25-15(26)13-5-8-4-9(16(18,19)20)2-3-12(8)27-13;1-2-4-6-5-3-1/h2-7H,1H3;1-5H. The molecule has 0 saturated heterocycles. The first-order chi connectivity index (χ1) is 15.5. The first-order valence-corrected chi connectivity index (χ1v) is 10.2. The number of fused-ring (bicyclic) bond motifs is 2. The van der Waals surface area contributed by atoms with Crippen molar-refractivity contribution in [2.45, 2.75) is 12.4 Å². The quantitative estimate of drug-likeness (QED) is 0.244. The molecule has 0 unspecified atom stereocenters. The largest absolute Gasteiger partial charge is 0.417 e. The predicted octanol–water partition coefficient (Wildman–Crippen LogP) is 6.97. The SMILES string of the molecule is Cn1c(-c2cc3cc(C(F)(F)F)ccc3s2)nc2cc(C(F)(F)F)cnc21.c1ccncc1. The summed E-state index contributed by atoms with van der Waals surface area (Å²) in [5, 5.41) is 0.390. The van der Waals surface area contributed by atoms with Gasteiger partial charge in [0.05, 0.1) is 16.0 Å². The second kappa shape index (κ2) is 8.47. The normalized spacial score (nSPS) is 12.1. The van der Waals surface area contributed by atoms with Gasteiger partial charge in [-0.2, -0.15) is 26.3 Å². The summed E-state index contributed by atoms with van der Waals surface area (Å²) in [6.45, 7) is 0. The third-order valence-corrected chi connectivity index (χ3v) is 5.78. The van der Waals surface area contributed by atoms with Crippen LogP contribution in [-0.4, -0.2) is 19.5 Å². The van der Waals surface area contributed by atoms with Crippen LogP contribution in [0.2, 0.25) is 0 Å². The van der Waals surface area contributed by atoms with Gasteiger partial charge in [0.15, 0.2) is 11.5 Å². The maximum atomic E-state index is 12.9. The van der Waals surface area contributed by atoms with E-state index < -0.39 is 23.5 Å². The average Bonchev–Trinajstić information content (AvgIpc) is 3.34. The molecule has 0 fully saturated rings. The maximum absolute atomic E-state index is 12.9. The van der Waals surface area contributed by atoms with Crippen molar-refractivity contribution in [2.24, 2.45) is 7.05 Å². The van der Waals surface area contributed by atoms with Crippen molar-refractivity contribution in [3.05, 3.63) is 78.2 Å². The van der Waals surface area contributed by atoms with Crippen molar-refractivity contribution in [2.75, 3.05) is 0 Å². The Hall–Kier alpha value is -3.47. The van der Waals surface area contributed by atoms with E-state index in [1.807, 2.05) is 18.2 Å². The predicted molar refractivity (Wildman–Crippen MR) is 114 cm³/mol. The fourth-order valence-corrected chi connectivity index (χ4v) is 4.16. The number of aromatic nitrogens is 4. The lowest BCUT2D eigenvalue weighted by Crippen LogP contribution is -2.05. The van der Waals surface area contributed by atoms with Gasteiger partial charge in [-0.25, -0.2) is 9.97 Å². The van der Waals surface area contributed by atoms with E-state index in [1.165, 1.54) is 22.0 Å². The summed E-state index contributed by atoms with van der Waals surface area (Å²) in [6, 6.07) is 11.6. The smallest absolute Gasteiger partial charge is 0.311 e. The van der Waals surface area contributed by atoms with Crippen molar-refractivity contribution in [1.82, 2.24) is 19.5 Å². The van der Waals surface area contributed by atoms with Crippen LogP contribution in [0.25, 0.3) is 32.0 Å². The molecule has 33 heavy (non-hydrogen) atoms. The topological polar surface area (TPSA) is 43.6 Å². The lowest BCUT2D eigenvalue weighted by molar-refractivity contribution is -0.138. The van der Waals surface area contributed by atoms with E-state index in [9.17, 15) is 26.3 Å². The van der Waals surface area contributed by atoms with Gasteiger partial charge in [-0.05, 0) is 47.9 Å². The van der Waals surface area contributed by atoms with Crippen LogP contribution in [0.5, 0.6) is 0 Å². The molecule has 5 rings (SSSR count). The number of halogens is 6. The second-order valence-corrected chi connectivity index (χ2v) is 8.03. The highest BCUT2D eigenvalue weighted by Crippen LogP contribution is 2.38. The molecule has 4 heterocycles. The number of nitrogens with zero attached hydrogens (tertiary/aromatic N) is 4. The van der Waals surface area contributed by atoms with Crippen LogP contribution in [0.4, 0.5) is 26.3 Å². The van der Waals surface area contributed by atoms with Crippen LogP contribution in [0, 0.1) is 0 Å². The number of hydrogen-bond donors (Lipinski definition) is 0. The van der Waals surface area contributed by atoms with Gasteiger partial charge in [-0.1, -0.05) is 6.07 Å². The van der Waals surface area contributed by atoms with Gasteiger partial charge in [-0.15, -0.1) is 11.3 Å². The molecule has 0 N–H and O–H groups in total. The monoisotopic (exact) mass is 480 g/mol. The zero-order valence-electron chi connectivity index (χ0n) is 16.8. The van der Waals surface area contributed by atoms with Gasteiger partial charge in [0, 0.05) is 30.3 Å². The van der Waals surface area contributed by atoms with Crippen molar-refractivity contribution in [3.63, 3.8) is 0 Å². The minimum atomic E-state index is -4.54. The summed E-state index contributed by atoms with van der Waals surface area (Å²) < 4.78 is 79.3. The van der Waals surface area contributed by atoms with E-state index in [4.69, 9.17) is 0 Å². The summed E-state index contributed by atoms with van der Waals surface area (Å²) in [5.41, 5.74) is -1.35. The van der Waals surface area contributed by atoms with Crippen LogP contribution in [0.15, 0.2) is 67.1 Å². The first-order valence-electron chi connectivity index (χ1n) is 9.40. The number of aryl methyl sites for hydroxylation is 1. The van der Waals surface area contributed by atoms with Gasteiger partial charge < -0.3 is 4.57 Å². The third-order valence-electron chi connectivity index (χ3n) is 4.67. The first kappa shape index (κ1) is 22.7. The molecule has 11 heteroatoms. The molecule has 0 atom stereocenters. The number of benzene rings is 1. The fourth-order valence-electron chi connectivity index (χ4n) is 3.09. The van der Waals surface area contributed by atoms with Crippen molar-refractivity contribution in [1.29, 1.82) is 0 Å². The van der Waals surface area contributed by atoms with E-state index in [1.54, 1.807) is 25.5 Å². The second-order valence-electron chi connectivity index (χ2n) is 6.94. The Balaban J connectivity index is 0.000000376. The lowest BCUT2D eigenvalue weighted by Gasteiger charge is -2.05. The fraction of sp³-hybridized carbons (Fsp3) is 0.136. The molecule has 0 radical (unpaired) electrons. The molecule has 0 bridgehead atoms. The summed E-state index contributed by atoms with van der Waals surface area (Å²) in [4.78, 5) is 12.4. The Morgan fingerprint density at radius 1 is 0.848 bits per heavy atom. The Morgan fingerprint density at radius 2 is 1.55 bits per heavy atom. The molecule has 0 aliphatic carbocycles. The summed E-state index contributed by atoms with van der Waals surface area (Å²) in [7, 11) is 1.59. The molecule has 1 aromatic carbocycles. The molecule has 4 nitrogen and oxygen atoms in total. The van der Waals surface area contributed by atoms with Gasteiger partial charge >= 0.3 is 12.4 Å². The molecular formula is C22H14F6N4S. The van der Waals surface area contributed by atoms with Gasteiger partial charge in [0.25, 0.3) is 0 Å². The molecule has 0 amide bonds. The van der Waals surface area contributed by atoms with Crippen LogP contribution < -0.4 is 0 Å². The van der Waals surface area contributed by atoms with Gasteiger partial charge in [-0.3, -0.25) is 4.98 Å². The van der Waals surface area contributed by atoms with E-state index in [-0.39, 0.29) is 11.2 Å². The number of pyridine rings is 2. The molecule has 4 aromatic heterocycles. The van der Waals surface area contributed by atoms with Gasteiger partial charge in [0.1, 0.15) is 5.52 Å². The Bertz CT molecular complexity index is 1380. The molecule has 0 aliphatic rings. The molecule has 5 aromatic rings. The minimum absolute atomic E-state index is 0.0655. The minimum Gasteiger partial charge on any atom is -0.311 e. The molecule has 0 spiro atoms. The van der Waals surface area contributed by atoms with Crippen LogP contribution in [0.3, 0.4) is 0 Å².